The molecule has 0 amide bonds. The molecule has 1 atom stereocenters. The highest BCUT2D eigenvalue weighted by molar-refractivity contribution is 7.85. The van der Waals surface area contributed by atoms with E-state index in [1.165, 1.54) is 0 Å². The van der Waals surface area contributed by atoms with Gasteiger partial charge in [0.25, 0.3) is 0 Å². The molecule has 0 aliphatic heterocycles. The van der Waals surface area contributed by atoms with Crippen LogP contribution in [0.3, 0.4) is 0 Å². The second-order valence-corrected chi connectivity index (χ2v) is 3.69. The van der Waals surface area contributed by atoms with Crippen LogP contribution in [0.15, 0.2) is 0 Å². The van der Waals surface area contributed by atoms with Crippen molar-refractivity contribution >= 4 is 10.1 Å². The Balaban J connectivity index is 4.29. The lowest BCUT2D eigenvalue weighted by atomic mass is 10.1. The Morgan fingerprint density at radius 3 is 2.50 bits per heavy atom. The summed E-state index contributed by atoms with van der Waals surface area (Å²) in [7, 11) is -4.43. The third-order valence-corrected chi connectivity index (χ3v) is 1.67. The molecule has 67 valence electrons. The van der Waals surface area contributed by atoms with Gasteiger partial charge >= 0.3 is 11.7 Å². The smallest absolute Gasteiger partial charge is 0.485 e. The molecule has 1 N–H and O–H groups in total. The van der Waals surface area contributed by atoms with Gasteiger partial charge in [-0.3, -0.25) is 0 Å². The van der Waals surface area contributed by atoms with Gasteiger partial charge in [0.1, 0.15) is 6.42 Å². The number of hydrogen-bond acceptors (Lipinski definition) is 4. The Bertz CT molecular complexity index is 302. The van der Waals surface area contributed by atoms with Crippen molar-refractivity contribution in [3.63, 3.8) is 0 Å². The predicted molar refractivity (Wildman–Crippen MR) is 38.9 cm³/mol. The fourth-order valence-corrected chi connectivity index (χ4v) is 0.889. The maximum absolute atomic E-state index is 10.1. The first-order valence-corrected chi connectivity index (χ1v) is 4.43. The van der Waals surface area contributed by atoms with E-state index in [1.54, 1.807) is 6.07 Å². The summed E-state index contributed by atoms with van der Waals surface area (Å²) >= 11 is 0. The molecular weight excluding hydrogens is 186 g/mol. The second kappa shape index (κ2) is 3.60. The quantitative estimate of drug-likeness (QED) is 0.406. The van der Waals surface area contributed by atoms with E-state index in [0.29, 0.717) is 0 Å². The van der Waals surface area contributed by atoms with Crippen LogP contribution < -0.4 is 5.26 Å². The van der Waals surface area contributed by atoms with Crippen LogP contribution in [0.5, 0.6) is 0 Å². The van der Waals surface area contributed by atoms with Gasteiger partial charge in [-0.1, -0.05) is 5.26 Å². The molecule has 0 spiro atoms. The highest BCUT2D eigenvalue weighted by atomic mass is 32.2. The summed E-state index contributed by atoms with van der Waals surface area (Å²) in [5, 5.41) is 6.56. The maximum Gasteiger partial charge on any atom is 0.485 e. The van der Waals surface area contributed by atoms with Gasteiger partial charge in [0.05, 0.1) is 27.4 Å². The first-order valence-electron chi connectivity index (χ1n) is 2.86. The molecule has 6 nitrogen and oxygen atoms in total. The van der Waals surface area contributed by atoms with Crippen LogP contribution in [0.2, 0.25) is 0 Å². The third kappa shape index (κ3) is 4.00. The van der Waals surface area contributed by atoms with Crippen LogP contribution in [0.4, 0.5) is 0 Å². The van der Waals surface area contributed by atoms with Gasteiger partial charge in [-0.2, -0.15) is 0 Å². The van der Waals surface area contributed by atoms with Gasteiger partial charge in [0.15, 0.2) is 0 Å². The van der Waals surface area contributed by atoms with Crippen molar-refractivity contribution in [2.75, 3.05) is 5.75 Å². The molecule has 0 aliphatic carbocycles. The molecule has 0 aromatic heterocycles. The molecular formula is C5H7NO5S+. The molecule has 1 unspecified atom stereocenters. The topological polar surface area (TPSA) is 109 Å². The molecule has 0 bridgehead atoms. The van der Waals surface area contributed by atoms with Crippen molar-refractivity contribution in [2.24, 2.45) is 0 Å². The fraction of sp³-hybridized carbons (Fsp3) is 0.600. The summed E-state index contributed by atoms with van der Waals surface area (Å²) in [6, 6.07) is 1.66. The number of rotatable bonds is 4. The van der Waals surface area contributed by atoms with E-state index in [4.69, 9.17) is 5.26 Å². The van der Waals surface area contributed by atoms with Crippen molar-refractivity contribution in [1.29, 1.82) is 0 Å². The molecule has 0 saturated carbocycles. The van der Waals surface area contributed by atoms with Crippen LogP contribution in [0.25, 0.3) is 0 Å². The van der Waals surface area contributed by atoms with E-state index >= 15 is 0 Å². The SMILES string of the molecule is CC(C#[NH+])([CH]CS(=O)(=O)[O-])[O+]=O. The lowest BCUT2D eigenvalue weighted by Gasteiger charge is -2.03. The molecule has 0 rings (SSSR count). The van der Waals surface area contributed by atoms with E-state index in [-0.39, 0.29) is 0 Å². The van der Waals surface area contributed by atoms with Crippen LogP contribution in [-0.4, -0.2) is 24.3 Å². The average Bonchev–Trinajstić information content (AvgIpc) is 1.99. The second-order valence-electron chi connectivity index (χ2n) is 2.24. The summed E-state index contributed by atoms with van der Waals surface area (Å²) in [5.41, 5.74) is -1.75. The molecule has 12 heavy (non-hydrogen) atoms. The number of nitrogens with one attached hydrogen (secondary N) is 1. The zero-order chi connectivity index (χ0) is 9.83. The van der Waals surface area contributed by atoms with Gasteiger partial charge in [0, 0.05) is 0 Å². The number of hydrogen-bond donors (Lipinski definition) is 1. The van der Waals surface area contributed by atoms with E-state index in [9.17, 15) is 17.9 Å². The summed E-state index contributed by atoms with van der Waals surface area (Å²) in [4.78, 5) is 9.89. The lowest BCUT2D eigenvalue weighted by Crippen LogP contribution is -2.34. The summed E-state index contributed by atoms with van der Waals surface area (Å²) < 4.78 is 33.7. The van der Waals surface area contributed by atoms with E-state index in [0.717, 1.165) is 13.3 Å². The van der Waals surface area contributed by atoms with Crippen LogP contribution >= 0.6 is 0 Å². The highest BCUT2D eigenvalue weighted by Gasteiger charge is 2.45. The predicted octanol–water partition coefficient (Wildman–Crippen LogP) is -2.12. The Morgan fingerprint density at radius 1 is 1.75 bits per heavy atom. The fourth-order valence-electron chi connectivity index (χ4n) is 0.367. The summed E-state index contributed by atoms with van der Waals surface area (Å²) in [5.74, 6) is -0.863. The van der Waals surface area contributed by atoms with Gasteiger partial charge in [-0.15, -0.1) is 0 Å². The van der Waals surface area contributed by atoms with Crippen molar-refractivity contribution in [1.82, 2.24) is 0 Å². The normalized spacial score (nSPS) is 16.1. The van der Waals surface area contributed by atoms with Crippen molar-refractivity contribution < 1.29 is 18.2 Å². The zero-order valence-electron chi connectivity index (χ0n) is 6.23. The average molecular weight is 193 g/mol. The van der Waals surface area contributed by atoms with Crippen LogP contribution in [0, 0.1) is 22.0 Å². The first-order chi connectivity index (χ1) is 5.33. The van der Waals surface area contributed by atoms with Gasteiger partial charge in [0.2, 0.25) is 4.96 Å². The van der Waals surface area contributed by atoms with Gasteiger partial charge < -0.3 is 4.55 Å². The minimum Gasteiger partial charge on any atom is -0.748 e. The molecule has 0 aliphatic rings. The molecule has 0 heterocycles. The maximum atomic E-state index is 10.1. The monoisotopic (exact) mass is 193 g/mol. The summed E-state index contributed by atoms with van der Waals surface area (Å²) in [6.45, 7) is 1.12. The van der Waals surface area contributed by atoms with Crippen molar-refractivity contribution in [3.8, 4) is 6.07 Å². The molecule has 0 saturated heterocycles. The molecule has 7 heteroatoms. The lowest BCUT2D eigenvalue weighted by molar-refractivity contribution is -0.0971. The van der Waals surface area contributed by atoms with Crippen molar-refractivity contribution in [2.45, 2.75) is 12.5 Å². The Kier molecular flexibility index (Phi) is 3.30. The van der Waals surface area contributed by atoms with E-state index in [1.807, 2.05) is 0 Å². The minimum absolute atomic E-state index is 0.773. The highest BCUT2D eigenvalue weighted by Crippen LogP contribution is 2.10. The Hall–Kier alpha value is -1.00. The van der Waals surface area contributed by atoms with Crippen LogP contribution in [0.1, 0.15) is 6.92 Å². The van der Waals surface area contributed by atoms with Gasteiger partial charge in [-0.05, 0) is 0 Å². The van der Waals surface area contributed by atoms with Gasteiger partial charge in [-0.25, -0.2) is 8.42 Å². The standard InChI is InChI=1S/C5H6NO5S/c1-5(4-6,11-7)2-3-12(8,9)10/h2H,3H2,1H3/p+1. The van der Waals surface area contributed by atoms with E-state index in [2.05, 4.69) is 4.60 Å². The molecule has 0 aromatic carbocycles. The Labute approximate surface area is 69.5 Å². The Morgan fingerprint density at radius 2 is 2.25 bits per heavy atom. The largest absolute Gasteiger partial charge is 0.748 e. The molecule has 1 radical (unpaired) electrons. The first kappa shape index (κ1) is 11.0. The van der Waals surface area contributed by atoms with Crippen LogP contribution in [-0.2, 0) is 10.1 Å². The zero-order valence-corrected chi connectivity index (χ0v) is 7.05. The third-order valence-electron chi connectivity index (χ3n) is 1.10. The van der Waals surface area contributed by atoms with E-state index < -0.39 is 21.5 Å². The molecule has 0 aromatic rings. The van der Waals surface area contributed by atoms with Crippen molar-refractivity contribution in [3.05, 3.63) is 16.0 Å². The minimum atomic E-state index is -4.43. The molecule has 0 fully saturated rings. The summed E-state index contributed by atoms with van der Waals surface area (Å²) in [6.07, 6.45) is 0.773.